The monoisotopic (exact) mass is 329 g/mol. The van der Waals surface area contributed by atoms with E-state index in [2.05, 4.69) is 60.1 Å². The number of rotatable bonds is 4. The molecule has 0 amide bonds. The molecule has 0 aromatic heterocycles. The van der Waals surface area contributed by atoms with Gasteiger partial charge < -0.3 is 4.74 Å². The van der Waals surface area contributed by atoms with Crippen LogP contribution >= 0.6 is 15.9 Å². The van der Waals surface area contributed by atoms with Gasteiger partial charge in [-0.2, -0.15) is 5.26 Å². The van der Waals surface area contributed by atoms with Crippen molar-refractivity contribution in [3.63, 3.8) is 0 Å². The second kappa shape index (κ2) is 6.58. The van der Waals surface area contributed by atoms with Gasteiger partial charge in [0.1, 0.15) is 18.4 Å². The van der Waals surface area contributed by atoms with Gasteiger partial charge in [0.05, 0.1) is 5.56 Å². The first kappa shape index (κ1) is 14.6. The predicted octanol–water partition coefficient (Wildman–Crippen LogP) is 5.02. The zero-order valence-corrected chi connectivity index (χ0v) is 13.1. The van der Waals surface area contributed by atoms with E-state index in [1.165, 1.54) is 5.56 Å². The number of hydrogen-bond donors (Lipinski definition) is 0. The Morgan fingerprint density at radius 3 is 2.45 bits per heavy atom. The van der Waals surface area contributed by atoms with Gasteiger partial charge in [-0.25, -0.2) is 0 Å². The van der Waals surface area contributed by atoms with Gasteiger partial charge in [0.25, 0.3) is 0 Å². The summed E-state index contributed by atoms with van der Waals surface area (Å²) in [6, 6.07) is 16.0. The number of ether oxygens (including phenoxy) is 1. The minimum Gasteiger partial charge on any atom is -0.489 e. The van der Waals surface area contributed by atoms with Crippen molar-refractivity contribution in [2.45, 2.75) is 26.4 Å². The molecule has 0 radical (unpaired) electrons. The average molecular weight is 330 g/mol. The highest BCUT2D eigenvalue weighted by molar-refractivity contribution is 9.10. The van der Waals surface area contributed by atoms with Crippen molar-refractivity contribution in [2.24, 2.45) is 0 Å². The van der Waals surface area contributed by atoms with E-state index in [-0.39, 0.29) is 0 Å². The molecule has 0 aliphatic heterocycles. The van der Waals surface area contributed by atoms with Gasteiger partial charge in [-0.1, -0.05) is 38.1 Å². The highest BCUT2D eigenvalue weighted by Crippen LogP contribution is 2.23. The third kappa shape index (κ3) is 3.61. The van der Waals surface area contributed by atoms with Crippen molar-refractivity contribution in [3.8, 4) is 11.8 Å². The first-order valence-corrected chi connectivity index (χ1v) is 7.30. The molecule has 0 aliphatic carbocycles. The van der Waals surface area contributed by atoms with Gasteiger partial charge in [-0.3, -0.25) is 0 Å². The topological polar surface area (TPSA) is 33.0 Å². The van der Waals surface area contributed by atoms with Gasteiger partial charge in [0.15, 0.2) is 0 Å². The minimum atomic E-state index is 0.505. The Morgan fingerprint density at radius 1 is 1.15 bits per heavy atom. The molecule has 0 heterocycles. The molecule has 0 bridgehead atoms. The highest BCUT2D eigenvalue weighted by atomic mass is 79.9. The Morgan fingerprint density at radius 2 is 1.85 bits per heavy atom. The molecule has 3 heteroatoms. The van der Waals surface area contributed by atoms with Gasteiger partial charge in [0.2, 0.25) is 0 Å². The normalized spacial score (nSPS) is 10.3. The minimum absolute atomic E-state index is 0.505. The number of nitrogens with zero attached hydrogens (tertiary/aromatic N) is 1. The molecule has 0 saturated heterocycles. The third-order valence-electron chi connectivity index (χ3n) is 3.11. The second-order valence-electron chi connectivity index (χ2n) is 4.94. The fraction of sp³-hybridized carbons (Fsp3) is 0.235. The molecule has 0 spiro atoms. The maximum Gasteiger partial charge on any atom is 0.121 e. The summed E-state index contributed by atoms with van der Waals surface area (Å²) < 4.78 is 6.50. The summed E-state index contributed by atoms with van der Waals surface area (Å²) in [6.45, 7) is 4.86. The van der Waals surface area contributed by atoms with Gasteiger partial charge >= 0.3 is 0 Å². The summed E-state index contributed by atoms with van der Waals surface area (Å²) >= 11 is 3.33. The van der Waals surface area contributed by atoms with E-state index >= 15 is 0 Å². The summed E-state index contributed by atoms with van der Waals surface area (Å²) in [4.78, 5) is 0. The van der Waals surface area contributed by atoms with Crippen molar-refractivity contribution in [2.75, 3.05) is 0 Å². The molecule has 0 N–H and O–H groups in total. The van der Waals surface area contributed by atoms with Crippen LogP contribution in [-0.4, -0.2) is 0 Å². The zero-order valence-electron chi connectivity index (χ0n) is 11.6. The van der Waals surface area contributed by atoms with Crippen LogP contribution in [0.4, 0.5) is 0 Å². The van der Waals surface area contributed by atoms with Crippen LogP contribution in [0.15, 0.2) is 46.9 Å². The predicted molar refractivity (Wildman–Crippen MR) is 83.7 cm³/mol. The van der Waals surface area contributed by atoms with Crippen LogP contribution in [0.2, 0.25) is 0 Å². The molecule has 0 atom stereocenters. The molecule has 2 aromatic rings. The van der Waals surface area contributed by atoms with E-state index in [0.717, 1.165) is 10.0 Å². The Hall–Kier alpha value is -1.79. The van der Waals surface area contributed by atoms with Crippen LogP contribution in [0.5, 0.6) is 5.75 Å². The van der Waals surface area contributed by atoms with E-state index in [4.69, 9.17) is 10.00 Å². The lowest BCUT2D eigenvalue weighted by Gasteiger charge is -2.09. The fourth-order valence-electron chi connectivity index (χ4n) is 1.85. The van der Waals surface area contributed by atoms with Crippen LogP contribution in [0.25, 0.3) is 0 Å². The number of hydrogen-bond acceptors (Lipinski definition) is 2. The number of nitriles is 1. The van der Waals surface area contributed by atoms with Gasteiger partial charge in [0, 0.05) is 4.47 Å². The van der Waals surface area contributed by atoms with E-state index in [0.29, 0.717) is 23.8 Å². The zero-order chi connectivity index (χ0) is 14.5. The molecule has 0 fully saturated rings. The molecular weight excluding hydrogens is 314 g/mol. The first-order valence-electron chi connectivity index (χ1n) is 6.51. The largest absolute Gasteiger partial charge is 0.489 e. The lowest BCUT2D eigenvalue weighted by atomic mass is 10.0. The van der Waals surface area contributed by atoms with Crippen molar-refractivity contribution in [3.05, 3.63) is 63.6 Å². The Labute approximate surface area is 128 Å². The lowest BCUT2D eigenvalue weighted by Crippen LogP contribution is -1.96. The standard InChI is InChI=1S/C17H16BrNO/c1-12(2)14-5-3-13(4-6-14)11-20-16-7-8-17(18)15(9-16)10-19/h3-9,12H,11H2,1-2H3. The average Bonchev–Trinajstić information content (AvgIpc) is 2.46. The van der Waals surface area contributed by atoms with Crippen LogP contribution in [-0.2, 0) is 6.61 Å². The quantitative estimate of drug-likeness (QED) is 0.788. The molecule has 0 unspecified atom stereocenters. The van der Waals surface area contributed by atoms with Gasteiger partial charge in [-0.15, -0.1) is 0 Å². The Kier molecular flexibility index (Phi) is 4.81. The molecule has 2 rings (SSSR count). The van der Waals surface area contributed by atoms with E-state index in [9.17, 15) is 0 Å². The van der Waals surface area contributed by atoms with E-state index in [1.54, 1.807) is 6.07 Å². The smallest absolute Gasteiger partial charge is 0.121 e. The molecule has 0 aliphatic rings. The summed E-state index contributed by atoms with van der Waals surface area (Å²) in [5.41, 5.74) is 3.03. The van der Waals surface area contributed by atoms with Crippen molar-refractivity contribution < 1.29 is 4.74 Å². The molecule has 20 heavy (non-hydrogen) atoms. The van der Waals surface area contributed by atoms with Crippen LogP contribution in [0.1, 0.15) is 36.5 Å². The fourth-order valence-corrected chi connectivity index (χ4v) is 2.18. The molecule has 102 valence electrons. The molecule has 2 nitrogen and oxygen atoms in total. The van der Waals surface area contributed by atoms with Crippen LogP contribution in [0.3, 0.4) is 0 Å². The summed E-state index contributed by atoms with van der Waals surface area (Å²) in [5, 5.41) is 8.98. The maximum absolute atomic E-state index is 8.98. The van der Waals surface area contributed by atoms with Crippen LogP contribution in [0, 0.1) is 11.3 Å². The second-order valence-corrected chi connectivity index (χ2v) is 5.79. The van der Waals surface area contributed by atoms with E-state index < -0.39 is 0 Å². The number of halogens is 1. The molecule has 2 aromatic carbocycles. The number of benzene rings is 2. The Bertz CT molecular complexity index is 626. The SMILES string of the molecule is CC(C)c1ccc(COc2ccc(Br)c(C#N)c2)cc1. The summed E-state index contributed by atoms with van der Waals surface area (Å²) in [6.07, 6.45) is 0. The molecule has 0 saturated carbocycles. The summed E-state index contributed by atoms with van der Waals surface area (Å²) in [7, 11) is 0. The lowest BCUT2D eigenvalue weighted by molar-refractivity contribution is 0.306. The van der Waals surface area contributed by atoms with Crippen molar-refractivity contribution in [1.29, 1.82) is 5.26 Å². The highest BCUT2D eigenvalue weighted by Gasteiger charge is 2.03. The van der Waals surface area contributed by atoms with Gasteiger partial charge in [-0.05, 0) is 51.2 Å². The maximum atomic E-state index is 8.98. The first-order chi connectivity index (χ1) is 9.60. The van der Waals surface area contributed by atoms with E-state index in [1.807, 2.05) is 12.1 Å². The molecular formula is C17H16BrNO. The summed E-state index contributed by atoms with van der Waals surface area (Å²) in [5.74, 6) is 1.24. The van der Waals surface area contributed by atoms with Crippen molar-refractivity contribution in [1.82, 2.24) is 0 Å². The Balaban J connectivity index is 2.03. The third-order valence-corrected chi connectivity index (χ3v) is 3.80. The van der Waals surface area contributed by atoms with Crippen LogP contribution < -0.4 is 4.74 Å². The van der Waals surface area contributed by atoms with Crippen molar-refractivity contribution >= 4 is 15.9 Å².